The zero-order chi connectivity index (χ0) is 15.3. The van der Waals surface area contributed by atoms with Crippen LogP contribution in [0.2, 0.25) is 0 Å². The van der Waals surface area contributed by atoms with Crippen molar-refractivity contribution in [2.75, 3.05) is 13.1 Å². The van der Waals surface area contributed by atoms with E-state index < -0.39 is 12.6 Å². The molecular weight excluding hydrogens is 430 g/mol. The van der Waals surface area contributed by atoms with Gasteiger partial charge in [0.05, 0.1) is 18.7 Å². The van der Waals surface area contributed by atoms with Crippen molar-refractivity contribution in [2.24, 2.45) is 4.99 Å². The lowest BCUT2D eigenvalue weighted by Gasteiger charge is -2.12. The number of thiazole rings is 1. The lowest BCUT2D eigenvalue weighted by Crippen LogP contribution is -2.38. The van der Waals surface area contributed by atoms with E-state index in [9.17, 15) is 13.2 Å². The van der Waals surface area contributed by atoms with Gasteiger partial charge >= 0.3 is 6.18 Å². The molecule has 0 atom stereocenters. The zero-order valence-corrected chi connectivity index (χ0v) is 15.0. The minimum absolute atomic E-state index is 0. The van der Waals surface area contributed by atoms with Gasteiger partial charge in [0.2, 0.25) is 0 Å². The van der Waals surface area contributed by atoms with Crippen LogP contribution in [0.25, 0.3) is 4.96 Å². The van der Waals surface area contributed by atoms with Crippen LogP contribution in [0.4, 0.5) is 13.2 Å². The number of nitrogens with one attached hydrogen (secondary N) is 2. The fourth-order valence-electron chi connectivity index (χ4n) is 1.68. The fourth-order valence-corrected chi connectivity index (χ4v) is 2.40. The molecule has 0 aliphatic rings. The lowest BCUT2D eigenvalue weighted by atomic mass is 10.4. The molecule has 0 amide bonds. The minimum Gasteiger partial charge on any atom is -0.357 e. The largest absolute Gasteiger partial charge is 0.390 e. The van der Waals surface area contributed by atoms with E-state index in [0.717, 1.165) is 10.7 Å². The molecule has 0 saturated heterocycles. The van der Waals surface area contributed by atoms with Crippen molar-refractivity contribution in [3.05, 3.63) is 23.5 Å². The van der Waals surface area contributed by atoms with Gasteiger partial charge in [-0.15, -0.1) is 35.3 Å². The number of rotatable bonds is 5. The van der Waals surface area contributed by atoms with Gasteiger partial charge in [-0.3, -0.25) is 4.40 Å². The third kappa shape index (κ3) is 5.99. The molecule has 0 bridgehead atoms. The van der Waals surface area contributed by atoms with Crippen LogP contribution >= 0.6 is 35.3 Å². The second-order valence-electron chi connectivity index (χ2n) is 4.31. The highest BCUT2D eigenvalue weighted by molar-refractivity contribution is 14.0. The van der Waals surface area contributed by atoms with Gasteiger partial charge in [0, 0.05) is 30.9 Å². The molecule has 2 rings (SSSR count). The maximum atomic E-state index is 12.1. The zero-order valence-electron chi connectivity index (χ0n) is 11.9. The van der Waals surface area contributed by atoms with Crippen molar-refractivity contribution in [3.8, 4) is 0 Å². The number of nitrogens with zero attached hydrogens (tertiary/aromatic N) is 3. The van der Waals surface area contributed by atoms with E-state index in [0.29, 0.717) is 19.0 Å². The summed E-state index contributed by atoms with van der Waals surface area (Å²) < 4.78 is 38.2. The Hall–Kier alpha value is -1.04. The maximum absolute atomic E-state index is 12.1. The Morgan fingerprint density at radius 1 is 1.41 bits per heavy atom. The van der Waals surface area contributed by atoms with E-state index in [1.165, 1.54) is 11.3 Å². The fraction of sp³-hybridized carbons (Fsp3) is 0.500. The molecule has 0 aromatic carbocycles. The molecule has 0 fully saturated rings. The van der Waals surface area contributed by atoms with Crippen molar-refractivity contribution >= 4 is 46.2 Å². The van der Waals surface area contributed by atoms with Gasteiger partial charge < -0.3 is 10.6 Å². The molecule has 0 aliphatic carbocycles. The summed E-state index contributed by atoms with van der Waals surface area (Å²) in [7, 11) is 0. The average Bonchev–Trinajstić information content (AvgIpc) is 2.94. The highest BCUT2D eigenvalue weighted by Gasteiger charge is 2.26. The Morgan fingerprint density at radius 2 is 2.18 bits per heavy atom. The minimum atomic E-state index is -4.17. The molecule has 10 heteroatoms. The van der Waals surface area contributed by atoms with Gasteiger partial charge in [0.1, 0.15) is 0 Å². The van der Waals surface area contributed by atoms with Crippen LogP contribution in [0, 0.1) is 0 Å². The Kier molecular flexibility index (Phi) is 7.39. The quantitative estimate of drug-likeness (QED) is 0.421. The summed E-state index contributed by atoms with van der Waals surface area (Å²) in [4.78, 5) is 9.47. The number of guanidine groups is 1. The molecule has 0 saturated carbocycles. The molecule has 0 unspecified atom stereocenters. The molecule has 0 spiro atoms. The average molecular weight is 447 g/mol. The predicted molar refractivity (Wildman–Crippen MR) is 92.0 cm³/mol. The maximum Gasteiger partial charge on any atom is 0.390 e. The van der Waals surface area contributed by atoms with E-state index in [4.69, 9.17) is 0 Å². The number of hydrogen-bond acceptors (Lipinski definition) is 3. The number of fused-ring (bicyclic) bond motifs is 1. The van der Waals surface area contributed by atoms with Gasteiger partial charge in [-0.2, -0.15) is 13.2 Å². The topological polar surface area (TPSA) is 53.7 Å². The molecule has 2 heterocycles. The smallest absolute Gasteiger partial charge is 0.357 e. The Bertz CT molecular complexity index is 579. The van der Waals surface area contributed by atoms with Crippen LogP contribution in [0.15, 0.2) is 22.8 Å². The van der Waals surface area contributed by atoms with E-state index in [1.54, 1.807) is 0 Å². The van der Waals surface area contributed by atoms with Gasteiger partial charge in [-0.05, 0) is 6.92 Å². The van der Waals surface area contributed by atoms with Crippen molar-refractivity contribution in [1.82, 2.24) is 20.0 Å². The van der Waals surface area contributed by atoms with Crippen LogP contribution in [0.5, 0.6) is 0 Å². The second-order valence-corrected chi connectivity index (χ2v) is 5.19. The normalized spacial score (nSPS) is 12.3. The molecule has 5 nitrogen and oxygen atoms in total. The van der Waals surface area contributed by atoms with Crippen LogP contribution in [0.1, 0.15) is 19.0 Å². The first-order valence-corrected chi connectivity index (χ1v) is 7.36. The Balaban J connectivity index is 0.00000242. The highest BCUT2D eigenvalue weighted by Crippen LogP contribution is 2.18. The number of aliphatic imine (C=N–C) groups is 1. The first-order chi connectivity index (χ1) is 9.98. The van der Waals surface area contributed by atoms with Crippen molar-refractivity contribution in [2.45, 2.75) is 26.1 Å². The van der Waals surface area contributed by atoms with E-state index >= 15 is 0 Å². The first-order valence-electron chi connectivity index (χ1n) is 6.48. The molecule has 124 valence electrons. The summed E-state index contributed by atoms with van der Waals surface area (Å²) in [6, 6.07) is 0. The summed E-state index contributed by atoms with van der Waals surface area (Å²) in [5.74, 6) is 0.359. The summed E-state index contributed by atoms with van der Waals surface area (Å²) in [6.45, 7) is 2.55. The second kappa shape index (κ2) is 8.56. The van der Waals surface area contributed by atoms with E-state index in [1.807, 2.05) is 29.1 Å². The molecule has 2 aromatic heterocycles. The Morgan fingerprint density at radius 3 is 2.82 bits per heavy atom. The van der Waals surface area contributed by atoms with Gasteiger partial charge in [0.25, 0.3) is 0 Å². The summed E-state index contributed by atoms with van der Waals surface area (Å²) in [5.41, 5.74) is 0.773. The third-order valence-electron chi connectivity index (χ3n) is 2.59. The van der Waals surface area contributed by atoms with Crippen LogP contribution in [0.3, 0.4) is 0 Å². The van der Waals surface area contributed by atoms with Crippen LogP contribution < -0.4 is 10.6 Å². The highest BCUT2D eigenvalue weighted by atomic mass is 127. The van der Waals surface area contributed by atoms with E-state index in [-0.39, 0.29) is 30.5 Å². The number of alkyl halides is 3. The molecule has 0 radical (unpaired) electrons. The van der Waals surface area contributed by atoms with Gasteiger partial charge in [-0.25, -0.2) is 9.98 Å². The third-order valence-corrected chi connectivity index (χ3v) is 3.36. The monoisotopic (exact) mass is 447 g/mol. The molecule has 0 aliphatic heterocycles. The predicted octanol–water partition coefficient (Wildman–Crippen LogP) is 3.02. The summed E-state index contributed by atoms with van der Waals surface area (Å²) in [5, 5.41) is 7.50. The van der Waals surface area contributed by atoms with Crippen molar-refractivity contribution in [1.29, 1.82) is 0 Å². The SMILES string of the molecule is CCNC(=NCc1cn2ccsc2n1)NCCC(F)(F)F.I. The Labute approximate surface area is 147 Å². The van der Waals surface area contributed by atoms with E-state index in [2.05, 4.69) is 20.6 Å². The number of halogens is 4. The van der Waals surface area contributed by atoms with Gasteiger partial charge in [-0.1, -0.05) is 0 Å². The lowest BCUT2D eigenvalue weighted by molar-refractivity contribution is -0.132. The van der Waals surface area contributed by atoms with Crippen LogP contribution in [-0.2, 0) is 6.54 Å². The summed E-state index contributed by atoms with van der Waals surface area (Å²) in [6.07, 6.45) is -1.31. The van der Waals surface area contributed by atoms with Crippen molar-refractivity contribution in [3.63, 3.8) is 0 Å². The summed E-state index contributed by atoms with van der Waals surface area (Å²) >= 11 is 1.52. The molecule has 22 heavy (non-hydrogen) atoms. The number of imidazole rings is 1. The standard InChI is InChI=1S/C12H16F3N5S.HI/c1-2-16-10(17-4-3-12(13,14)15)18-7-9-8-20-5-6-21-11(20)19-9;/h5-6,8H,2-4,7H2,1H3,(H2,16,17,18);1H. The molecule has 2 N–H and O–H groups in total. The van der Waals surface area contributed by atoms with Crippen LogP contribution in [-0.4, -0.2) is 34.6 Å². The van der Waals surface area contributed by atoms with Crippen molar-refractivity contribution < 1.29 is 13.2 Å². The number of aromatic nitrogens is 2. The molecule has 2 aromatic rings. The number of hydrogen-bond donors (Lipinski definition) is 2. The molecular formula is C12H17F3IN5S. The first kappa shape index (κ1) is 19.0. The van der Waals surface area contributed by atoms with Gasteiger partial charge in [0.15, 0.2) is 10.9 Å².